The third kappa shape index (κ3) is 4.89. The van der Waals surface area contributed by atoms with E-state index in [1.165, 1.54) is 23.9 Å². The molecule has 0 aliphatic heterocycles. The zero-order valence-electron chi connectivity index (χ0n) is 9.55. The highest BCUT2D eigenvalue weighted by molar-refractivity contribution is 8.00. The monoisotopic (exact) mass is 264 g/mol. The lowest BCUT2D eigenvalue weighted by molar-refractivity contribution is -0.118. The maximum absolute atomic E-state index is 11.4. The van der Waals surface area contributed by atoms with Crippen LogP contribution in [-0.2, 0) is 4.79 Å². The molecule has 5 nitrogen and oxygen atoms in total. The van der Waals surface area contributed by atoms with Crippen LogP contribution in [0, 0.1) is 11.3 Å². The second-order valence-electron chi connectivity index (χ2n) is 3.38. The van der Waals surface area contributed by atoms with E-state index >= 15 is 0 Å². The number of benzene rings is 1. The van der Waals surface area contributed by atoms with Crippen LogP contribution in [0.4, 0.5) is 0 Å². The molecule has 0 heterocycles. The number of carbonyl (C=O) groups is 2. The maximum atomic E-state index is 11.4. The minimum Gasteiger partial charge on any atom is -0.478 e. The molecule has 0 aliphatic rings. The lowest BCUT2D eigenvalue weighted by atomic mass is 10.2. The third-order valence-corrected chi connectivity index (χ3v) is 3.00. The van der Waals surface area contributed by atoms with Gasteiger partial charge >= 0.3 is 5.97 Å². The van der Waals surface area contributed by atoms with E-state index in [1.807, 2.05) is 6.07 Å². The van der Waals surface area contributed by atoms with Gasteiger partial charge in [-0.2, -0.15) is 5.26 Å². The molecule has 94 valence electrons. The molecule has 0 unspecified atom stereocenters. The third-order valence-electron chi connectivity index (χ3n) is 2.01. The second kappa shape index (κ2) is 7.35. The number of nitrogens with one attached hydrogen (secondary N) is 1. The molecular formula is C12H12N2O3S. The fourth-order valence-corrected chi connectivity index (χ4v) is 1.96. The summed E-state index contributed by atoms with van der Waals surface area (Å²) in [6.07, 6.45) is 0.283. The van der Waals surface area contributed by atoms with Crippen molar-refractivity contribution in [1.29, 1.82) is 5.26 Å². The molecule has 1 aromatic carbocycles. The Bertz CT molecular complexity index is 482. The molecule has 6 heteroatoms. The summed E-state index contributed by atoms with van der Waals surface area (Å²) in [5.74, 6) is -0.957. The first-order chi connectivity index (χ1) is 8.63. The molecule has 18 heavy (non-hydrogen) atoms. The molecule has 0 saturated heterocycles. The molecular weight excluding hydrogens is 252 g/mol. The van der Waals surface area contributed by atoms with E-state index in [2.05, 4.69) is 5.32 Å². The maximum Gasteiger partial charge on any atom is 0.335 e. The zero-order valence-corrected chi connectivity index (χ0v) is 10.4. The number of nitrogens with zero attached hydrogens (tertiary/aromatic N) is 1. The van der Waals surface area contributed by atoms with Crippen molar-refractivity contribution in [1.82, 2.24) is 5.32 Å². The number of hydrogen-bond acceptors (Lipinski definition) is 4. The van der Waals surface area contributed by atoms with Crippen molar-refractivity contribution in [3.63, 3.8) is 0 Å². The molecule has 2 N–H and O–H groups in total. The van der Waals surface area contributed by atoms with Gasteiger partial charge in [0, 0.05) is 11.4 Å². The van der Waals surface area contributed by atoms with Crippen LogP contribution in [0.25, 0.3) is 0 Å². The van der Waals surface area contributed by atoms with Crippen LogP contribution in [0.3, 0.4) is 0 Å². The van der Waals surface area contributed by atoms with Gasteiger partial charge in [0.15, 0.2) is 0 Å². The van der Waals surface area contributed by atoms with E-state index in [1.54, 1.807) is 12.1 Å². The summed E-state index contributed by atoms with van der Waals surface area (Å²) in [5, 5.41) is 19.7. The predicted molar refractivity (Wildman–Crippen MR) is 67.4 cm³/mol. The SMILES string of the molecule is N#CCCNC(=O)CSc1cccc(C(=O)O)c1. The Labute approximate surface area is 109 Å². The Hall–Kier alpha value is -2.00. The van der Waals surface area contributed by atoms with Gasteiger partial charge in [0.2, 0.25) is 5.91 Å². The Kier molecular flexibility index (Phi) is 5.74. The van der Waals surface area contributed by atoms with Crippen molar-refractivity contribution in [2.24, 2.45) is 0 Å². The molecule has 0 saturated carbocycles. The highest BCUT2D eigenvalue weighted by Crippen LogP contribution is 2.18. The van der Waals surface area contributed by atoms with Gasteiger partial charge in [-0.3, -0.25) is 4.79 Å². The van der Waals surface area contributed by atoms with Crippen LogP contribution in [0.5, 0.6) is 0 Å². The molecule has 1 amide bonds. The first-order valence-corrected chi connectivity index (χ1v) is 6.22. The van der Waals surface area contributed by atoms with Gasteiger partial charge in [0.05, 0.1) is 23.8 Å². The fraction of sp³-hybridized carbons (Fsp3) is 0.250. The van der Waals surface area contributed by atoms with Crippen molar-refractivity contribution in [2.45, 2.75) is 11.3 Å². The summed E-state index contributed by atoms with van der Waals surface area (Å²) >= 11 is 1.26. The summed E-state index contributed by atoms with van der Waals surface area (Å²) in [4.78, 5) is 22.8. The summed E-state index contributed by atoms with van der Waals surface area (Å²) in [6.45, 7) is 0.338. The molecule has 1 rings (SSSR count). The van der Waals surface area contributed by atoms with Gasteiger partial charge in [-0.15, -0.1) is 11.8 Å². The van der Waals surface area contributed by atoms with E-state index in [0.29, 0.717) is 6.54 Å². The zero-order chi connectivity index (χ0) is 13.4. The molecule has 0 bridgehead atoms. The summed E-state index contributed by atoms with van der Waals surface area (Å²) in [5.41, 5.74) is 0.199. The lowest BCUT2D eigenvalue weighted by Gasteiger charge is -2.03. The van der Waals surface area contributed by atoms with Crippen LogP contribution in [0.15, 0.2) is 29.2 Å². The molecule has 0 fully saturated rings. The van der Waals surface area contributed by atoms with Crippen LogP contribution >= 0.6 is 11.8 Å². The number of hydrogen-bond donors (Lipinski definition) is 2. The number of aromatic carboxylic acids is 1. The van der Waals surface area contributed by atoms with Gasteiger partial charge in [0.1, 0.15) is 0 Å². The van der Waals surface area contributed by atoms with Crippen molar-refractivity contribution in [3.8, 4) is 6.07 Å². The minimum atomic E-state index is -0.990. The predicted octanol–water partition coefficient (Wildman–Crippen LogP) is 1.51. The number of rotatable bonds is 6. The fourth-order valence-electron chi connectivity index (χ4n) is 1.18. The highest BCUT2D eigenvalue weighted by Gasteiger charge is 2.05. The largest absolute Gasteiger partial charge is 0.478 e. The Morgan fingerprint density at radius 1 is 1.44 bits per heavy atom. The second-order valence-corrected chi connectivity index (χ2v) is 4.43. The quantitative estimate of drug-likeness (QED) is 0.600. The number of nitriles is 1. The van der Waals surface area contributed by atoms with Gasteiger partial charge < -0.3 is 10.4 Å². The number of carbonyl (C=O) groups excluding carboxylic acids is 1. The first-order valence-electron chi connectivity index (χ1n) is 5.23. The summed E-state index contributed by atoms with van der Waals surface area (Å²) < 4.78 is 0. The summed E-state index contributed by atoms with van der Waals surface area (Å²) in [7, 11) is 0. The van der Waals surface area contributed by atoms with Crippen LogP contribution in [0.2, 0.25) is 0 Å². The Balaban J connectivity index is 2.44. The molecule has 1 aromatic rings. The van der Waals surface area contributed by atoms with E-state index in [0.717, 1.165) is 4.90 Å². The average molecular weight is 264 g/mol. The van der Waals surface area contributed by atoms with Crippen molar-refractivity contribution in [3.05, 3.63) is 29.8 Å². The molecule has 0 aliphatic carbocycles. The summed E-state index contributed by atoms with van der Waals surface area (Å²) in [6, 6.07) is 8.34. The van der Waals surface area contributed by atoms with Crippen LogP contribution in [0.1, 0.15) is 16.8 Å². The Morgan fingerprint density at radius 3 is 2.89 bits per heavy atom. The van der Waals surface area contributed by atoms with E-state index < -0.39 is 5.97 Å². The van der Waals surface area contributed by atoms with E-state index in [-0.39, 0.29) is 23.6 Å². The Morgan fingerprint density at radius 2 is 2.22 bits per heavy atom. The molecule has 0 atom stereocenters. The molecule has 0 spiro atoms. The standard InChI is InChI=1S/C12H12N2O3S/c13-5-2-6-14-11(15)8-18-10-4-1-3-9(7-10)12(16)17/h1,3-4,7H,2,6,8H2,(H,14,15)(H,16,17). The first kappa shape index (κ1) is 14.1. The normalized spacial score (nSPS) is 9.50. The van der Waals surface area contributed by atoms with E-state index in [9.17, 15) is 9.59 Å². The number of thioether (sulfide) groups is 1. The number of carboxylic acids is 1. The van der Waals surface area contributed by atoms with Gasteiger partial charge in [-0.1, -0.05) is 6.07 Å². The lowest BCUT2D eigenvalue weighted by Crippen LogP contribution is -2.25. The number of amides is 1. The topological polar surface area (TPSA) is 90.2 Å². The highest BCUT2D eigenvalue weighted by atomic mass is 32.2. The van der Waals surface area contributed by atoms with Gasteiger partial charge in [-0.25, -0.2) is 4.79 Å². The smallest absolute Gasteiger partial charge is 0.335 e. The van der Waals surface area contributed by atoms with Crippen molar-refractivity contribution < 1.29 is 14.7 Å². The number of carboxylic acid groups (broad SMARTS) is 1. The minimum absolute atomic E-state index is 0.170. The van der Waals surface area contributed by atoms with Gasteiger partial charge in [0.25, 0.3) is 0 Å². The van der Waals surface area contributed by atoms with Crippen molar-refractivity contribution in [2.75, 3.05) is 12.3 Å². The van der Waals surface area contributed by atoms with Crippen LogP contribution < -0.4 is 5.32 Å². The average Bonchev–Trinajstić information content (AvgIpc) is 2.37. The molecule has 0 radical (unpaired) electrons. The molecule has 0 aromatic heterocycles. The van der Waals surface area contributed by atoms with Gasteiger partial charge in [-0.05, 0) is 18.2 Å². The van der Waals surface area contributed by atoms with Crippen molar-refractivity contribution >= 4 is 23.6 Å². The van der Waals surface area contributed by atoms with Crippen LogP contribution in [-0.4, -0.2) is 29.3 Å². The van der Waals surface area contributed by atoms with E-state index in [4.69, 9.17) is 10.4 Å².